The zero-order valence-electron chi connectivity index (χ0n) is 15.3. The van der Waals surface area contributed by atoms with Crippen LogP contribution in [0, 0.1) is 26.6 Å². The predicted octanol–water partition coefficient (Wildman–Crippen LogP) is 3.38. The third-order valence-corrected chi connectivity index (χ3v) is 5.06. The molecule has 0 N–H and O–H groups in total. The third kappa shape index (κ3) is 3.23. The van der Waals surface area contributed by atoms with Crippen molar-refractivity contribution in [3.63, 3.8) is 0 Å². The minimum Gasteiger partial charge on any atom is -0.304 e. The van der Waals surface area contributed by atoms with Crippen LogP contribution in [-0.4, -0.2) is 52.8 Å². The minimum absolute atomic E-state index is 0.147. The fourth-order valence-corrected chi connectivity index (χ4v) is 3.41. The summed E-state index contributed by atoms with van der Waals surface area (Å²) in [6.07, 6.45) is 0.187. The molecule has 1 aliphatic rings. The van der Waals surface area contributed by atoms with Crippen LogP contribution < -0.4 is 0 Å². The summed E-state index contributed by atoms with van der Waals surface area (Å²) in [6, 6.07) is 5.67. The number of likely N-dealkylation sites (N-methyl/N-ethyl adjacent to an activating group) is 1. The van der Waals surface area contributed by atoms with Gasteiger partial charge in [-0.2, -0.15) is 5.10 Å². The molecule has 1 aliphatic heterocycles. The van der Waals surface area contributed by atoms with Crippen LogP contribution in [-0.2, 0) is 0 Å². The third-order valence-electron chi connectivity index (χ3n) is 5.06. The van der Waals surface area contributed by atoms with Crippen molar-refractivity contribution in [1.82, 2.24) is 19.6 Å². The van der Waals surface area contributed by atoms with Crippen LogP contribution in [0.5, 0.6) is 0 Å². The Labute approximate surface area is 143 Å². The highest BCUT2D eigenvalue weighted by molar-refractivity contribution is 5.65. The van der Waals surface area contributed by atoms with Gasteiger partial charge in [0.1, 0.15) is 12.0 Å². The molecule has 0 radical (unpaired) electrons. The zero-order chi connectivity index (χ0) is 17.4. The highest BCUT2D eigenvalue weighted by Crippen LogP contribution is 2.30. The van der Waals surface area contributed by atoms with Gasteiger partial charge < -0.3 is 4.90 Å². The molecule has 130 valence electrons. The van der Waals surface area contributed by atoms with Crippen molar-refractivity contribution in [3.8, 4) is 11.3 Å². The van der Waals surface area contributed by atoms with Crippen molar-refractivity contribution in [1.29, 1.82) is 0 Å². The van der Waals surface area contributed by atoms with E-state index in [0.29, 0.717) is 5.56 Å². The summed E-state index contributed by atoms with van der Waals surface area (Å²) in [5.41, 5.74) is 4.75. The van der Waals surface area contributed by atoms with Crippen molar-refractivity contribution in [2.24, 2.45) is 0 Å². The number of piperazine rings is 1. The number of aryl methyl sites for hydroxylation is 3. The number of benzene rings is 1. The average Bonchev–Trinajstić information content (AvgIpc) is 2.92. The fraction of sp³-hybridized carbons (Fsp3) is 0.526. The second-order valence-electron chi connectivity index (χ2n) is 7.00. The van der Waals surface area contributed by atoms with E-state index in [2.05, 4.69) is 34.5 Å². The van der Waals surface area contributed by atoms with Crippen molar-refractivity contribution in [2.75, 3.05) is 33.2 Å². The molecule has 1 aromatic carbocycles. The monoisotopic (exact) mass is 330 g/mol. The molecule has 1 saturated heterocycles. The van der Waals surface area contributed by atoms with Gasteiger partial charge in [-0.1, -0.05) is 0 Å². The van der Waals surface area contributed by atoms with Gasteiger partial charge in [-0.3, -0.25) is 4.90 Å². The van der Waals surface area contributed by atoms with Crippen molar-refractivity contribution in [2.45, 2.75) is 33.9 Å². The quantitative estimate of drug-likeness (QED) is 0.862. The normalized spacial score (nSPS) is 18.1. The number of hydrogen-bond donors (Lipinski definition) is 0. The Balaban J connectivity index is 1.98. The lowest BCUT2D eigenvalue weighted by Gasteiger charge is -2.37. The maximum Gasteiger partial charge on any atom is 0.126 e. The van der Waals surface area contributed by atoms with Crippen LogP contribution in [0.4, 0.5) is 4.39 Å². The lowest BCUT2D eigenvalue weighted by Crippen LogP contribution is -2.46. The first-order valence-electron chi connectivity index (χ1n) is 8.62. The van der Waals surface area contributed by atoms with Gasteiger partial charge in [-0.15, -0.1) is 0 Å². The van der Waals surface area contributed by atoms with Gasteiger partial charge in [0.2, 0.25) is 0 Å². The molecule has 0 spiro atoms. The van der Waals surface area contributed by atoms with E-state index in [1.807, 2.05) is 26.8 Å². The molecule has 3 rings (SSSR count). The zero-order valence-corrected chi connectivity index (χ0v) is 15.3. The maximum atomic E-state index is 13.8. The van der Waals surface area contributed by atoms with E-state index in [0.717, 1.165) is 48.7 Å². The first-order chi connectivity index (χ1) is 11.4. The summed E-state index contributed by atoms with van der Waals surface area (Å²) in [5.74, 6) is -0.147. The second kappa shape index (κ2) is 6.65. The topological polar surface area (TPSA) is 24.3 Å². The molecule has 4 nitrogen and oxygen atoms in total. The van der Waals surface area contributed by atoms with E-state index < -0.39 is 0 Å². The summed E-state index contributed by atoms with van der Waals surface area (Å²) < 4.78 is 15.9. The Kier molecular flexibility index (Phi) is 4.74. The highest BCUT2D eigenvalue weighted by Gasteiger charge is 2.24. The van der Waals surface area contributed by atoms with Crippen LogP contribution >= 0.6 is 0 Å². The average molecular weight is 330 g/mol. The Morgan fingerprint density at radius 3 is 2.33 bits per heavy atom. The lowest BCUT2D eigenvalue weighted by molar-refractivity contribution is 0.0801. The van der Waals surface area contributed by atoms with Crippen molar-refractivity contribution in [3.05, 3.63) is 40.8 Å². The van der Waals surface area contributed by atoms with Gasteiger partial charge >= 0.3 is 0 Å². The number of nitrogens with zero attached hydrogens (tertiary/aromatic N) is 4. The van der Waals surface area contributed by atoms with E-state index >= 15 is 0 Å². The molecule has 1 aromatic heterocycles. The molecular formula is C19H27FN4. The minimum atomic E-state index is -0.147. The number of halogens is 1. The summed E-state index contributed by atoms with van der Waals surface area (Å²) in [7, 11) is 2.16. The van der Waals surface area contributed by atoms with Crippen molar-refractivity contribution >= 4 is 0 Å². The first kappa shape index (κ1) is 17.1. The Morgan fingerprint density at radius 2 is 1.67 bits per heavy atom. The largest absolute Gasteiger partial charge is 0.304 e. The molecule has 1 atom stereocenters. The Morgan fingerprint density at radius 1 is 1.00 bits per heavy atom. The van der Waals surface area contributed by atoms with E-state index in [1.54, 1.807) is 6.07 Å². The van der Waals surface area contributed by atoms with E-state index in [4.69, 9.17) is 5.10 Å². The molecule has 5 heteroatoms. The molecule has 2 aromatic rings. The first-order valence-corrected chi connectivity index (χ1v) is 8.62. The van der Waals surface area contributed by atoms with Crippen LogP contribution in [0.25, 0.3) is 11.3 Å². The standard InChI is InChI=1S/C19H27FN4/c1-13-11-18(20)14(2)10-17(13)19-12-15(3)21-24(19)16(4)23-8-6-22(5)7-9-23/h10-12,16H,6-9H2,1-5H3. The van der Waals surface area contributed by atoms with Crippen LogP contribution in [0.1, 0.15) is 29.9 Å². The predicted molar refractivity (Wildman–Crippen MR) is 95.6 cm³/mol. The van der Waals surface area contributed by atoms with Crippen LogP contribution in [0.2, 0.25) is 0 Å². The fourth-order valence-electron chi connectivity index (χ4n) is 3.41. The molecule has 0 amide bonds. The summed E-state index contributed by atoms with van der Waals surface area (Å²) in [5, 5.41) is 4.74. The Hall–Kier alpha value is -1.72. The molecule has 0 bridgehead atoms. The summed E-state index contributed by atoms with van der Waals surface area (Å²) in [6.45, 7) is 12.2. The van der Waals surface area contributed by atoms with E-state index in [-0.39, 0.29) is 12.0 Å². The van der Waals surface area contributed by atoms with E-state index in [9.17, 15) is 4.39 Å². The molecule has 1 fully saturated rings. The van der Waals surface area contributed by atoms with Gasteiger partial charge in [-0.05, 0) is 64.1 Å². The van der Waals surface area contributed by atoms with Crippen molar-refractivity contribution < 1.29 is 4.39 Å². The molecule has 0 saturated carbocycles. The lowest BCUT2D eigenvalue weighted by atomic mass is 10.0. The molecular weight excluding hydrogens is 303 g/mol. The van der Waals surface area contributed by atoms with Gasteiger partial charge in [-0.25, -0.2) is 9.07 Å². The summed E-state index contributed by atoms with van der Waals surface area (Å²) in [4.78, 5) is 4.81. The summed E-state index contributed by atoms with van der Waals surface area (Å²) >= 11 is 0. The molecule has 2 heterocycles. The van der Waals surface area contributed by atoms with E-state index in [1.165, 1.54) is 0 Å². The number of aromatic nitrogens is 2. The SMILES string of the molecule is Cc1cc(-c2cc(C)c(F)cc2C)n(C(C)N2CCN(C)CC2)n1. The second-order valence-corrected chi connectivity index (χ2v) is 7.00. The molecule has 24 heavy (non-hydrogen) atoms. The smallest absolute Gasteiger partial charge is 0.126 e. The van der Waals surface area contributed by atoms with Crippen LogP contribution in [0.15, 0.2) is 18.2 Å². The maximum absolute atomic E-state index is 13.8. The van der Waals surface area contributed by atoms with Gasteiger partial charge in [0.25, 0.3) is 0 Å². The van der Waals surface area contributed by atoms with Gasteiger partial charge in [0, 0.05) is 31.7 Å². The van der Waals surface area contributed by atoms with Gasteiger partial charge in [0.05, 0.1) is 11.4 Å². The Bertz CT molecular complexity index is 729. The van der Waals surface area contributed by atoms with Gasteiger partial charge in [0.15, 0.2) is 0 Å². The van der Waals surface area contributed by atoms with Crippen LogP contribution in [0.3, 0.4) is 0 Å². The molecule has 1 unspecified atom stereocenters. The number of hydrogen-bond acceptors (Lipinski definition) is 3. The highest BCUT2D eigenvalue weighted by atomic mass is 19.1. The molecule has 0 aliphatic carbocycles. The number of rotatable bonds is 3.